The molecule has 0 aliphatic heterocycles. The molecule has 0 amide bonds. The van der Waals surface area contributed by atoms with Crippen molar-refractivity contribution in [1.82, 2.24) is 0 Å². The molecule has 0 N–H and O–H groups in total. The molecule has 0 aromatic heterocycles. The van der Waals surface area contributed by atoms with E-state index in [-0.39, 0.29) is 12.6 Å². The third-order valence-electron chi connectivity index (χ3n) is 2.31. The Hall–Kier alpha value is -1.16. The highest BCUT2D eigenvalue weighted by atomic mass is 16.7. The van der Waals surface area contributed by atoms with Gasteiger partial charge >= 0.3 is 5.97 Å². The normalized spacial score (nSPS) is 21.1. The van der Waals surface area contributed by atoms with Crippen molar-refractivity contribution in [2.75, 3.05) is 6.79 Å². The predicted molar refractivity (Wildman–Crippen MR) is 54.1 cm³/mol. The molecule has 84 valence electrons. The van der Waals surface area contributed by atoms with Crippen molar-refractivity contribution in [1.29, 1.82) is 0 Å². The van der Waals surface area contributed by atoms with Crippen molar-refractivity contribution in [3.05, 3.63) is 12.2 Å². The maximum atomic E-state index is 11.3. The van der Waals surface area contributed by atoms with Gasteiger partial charge in [0.15, 0.2) is 12.6 Å². The molecule has 0 aromatic rings. The van der Waals surface area contributed by atoms with Crippen LogP contribution in [0, 0.1) is 0 Å². The fourth-order valence-electron chi connectivity index (χ4n) is 1.42. The summed E-state index contributed by atoms with van der Waals surface area (Å²) in [5.41, 5.74) is 0.327. The molecule has 1 aliphatic carbocycles. The van der Waals surface area contributed by atoms with Crippen LogP contribution in [0.5, 0.6) is 0 Å². The van der Waals surface area contributed by atoms with E-state index in [1.165, 1.54) is 0 Å². The molecular weight excluding hydrogens is 196 g/mol. The molecule has 1 saturated carbocycles. The summed E-state index contributed by atoms with van der Waals surface area (Å²) < 4.78 is 9.92. The van der Waals surface area contributed by atoms with Crippen molar-refractivity contribution in [3.8, 4) is 0 Å². The number of hydrogen-bond donors (Lipinski definition) is 0. The van der Waals surface area contributed by atoms with Crippen LogP contribution >= 0.6 is 0 Å². The Morgan fingerprint density at radius 1 is 1.53 bits per heavy atom. The average molecular weight is 212 g/mol. The monoisotopic (exact) mass is 212 g/mol. The van der Waals surface area contributed by atoms with Crippen molar-refractivity contribution >= 4 is 11.8 Å². The van der Waals surface area contributed by atoms with Crippen molar-refractivity contribution in [3.63, 3.8) is 0 Å². The van der Waals surface area contributed by atoms with Crippen molar-refractivity contribution in [2.45, 2.75) is 38.7 Å². The molecule has 0 heterocycles. The molecule has 0 radical (unpaired) electrons. The molecule has 1 atom stereocenters. The van der Waals surface area contributed by atoms with Gasteiger partial charge in [0.1, 0.15) is 6.10 Å². The van der Waals surface area contributed by atoms with Crippen LogP contribution in [0.2, 0.25) is 0 Å². The zero-order valence-corrected chi connectivity index (χ0v) is 8.95. The van der Waals surface area contributed by atoms with Gasteiger partial charge in [-0.3, -0.25) is 4.79 Å². The third kappa shape index (κ3) is 3.83. The maximum Gasteiger partial charge on any atom is 0.335 e. The minimum atomic E-state index is -0.488. The quantitative estimate of drug-likeness (QED) is 0.403. The fourth-order valence-corrected chi connectivity index (χ4v) is 1.42. The lowest BCUT2D eigenvalue weighted by molar-refractivity contribution is -0.162. The average Bonchev–Trinajstić information content (AvgIpc) is 2.20. The summed E-state index contributed by atoms with van der Waals surface area (Å²) >= 11 is 0. The van der Waals surface area contributed by atoms with Crippen LogP contribution < -0.4 is 0 Å². The number of Topliss-reactive ketones (excluding diaryl/α,β-unsaturated/α-hetero) is 1. The van der Waals surface area contributed by atoms with Crippen LogP contribution in [0.4, 0.5) is 0 Å². The van der Waals surface area contributed by atoms with E-state index in [1.54, 1.807) is 6.92 Å². The Bertz CT molecular complexity index is 270. The molecule has 0 spiro atoms. The van der Waals surface area contributed by atoms with Crippen molar-refractivity contribution < 1.29 is 19.1 Å². The van der Waals surface area contributed by atoms with Gasteiger partial charge in [-0.05, 0) is 26.2 Å². The van der Waals surface area contributed by atoms with E-state index in [1.807, 2.05) is 0 Å². The van der Waals surface area contributed by atoms with Crippen LogP contribution in [0.15, 0.2) is 12.2 Å². The number of rotatable bonds is 4. The molecule has 4 heteroatoms. The molecule has 0 aromatic carbocycles. The van der Waals surface area contributed by atoms with Gasteiger partial charge in [-0.25, -0.2) is 4.79 Å². The first-order valence-corrected chi connectivity index (χ1v) is 5.08. The first-order valence-electron chi connectivity index (χ1n) is 5.08. The Morgan fingerprint density at radius 3 is 2.87 bits per heavy atom. The summed E-state index contributed by atoms with van der Waals surface area (Å²) in [5.74, 6) is -0.383. The highest BCUT2D eigenvalue weighted by molar-refractivity contribution is 5.87. The molecular formula is C11H16O4. The lowest BCUT2D eigenvalue weighted by Gasteiger charge is -2.20. The minimum absolute atomic E-state index is 0.104. The number of ketones is 1. The first kappa shape index (κ1) is 11.9. The molecule has 1 unspecified atom stereocenters. The predicted octanol–water partition coefficient (Wildman–Crippen LogP) is 1.59. The molecule has 1 fully saturated rings. The molecule has 0 saturated heterocycles. The smallest absolute Gasteiger partial charge is 0.335 e. The van der Waals surface area contributed by atoms with E-state index in [2.05, 4.69) is 6.58 Å². The largest absolute Gasteiger partial charge is 0.435 e. The second-order valence-electron chi connectivity index (χ2n) is 3.70. The summed E-state index contributed by atoms with van der Waals surface area (Å²) in [7, 11) is 0. The van der Waals surface area contributed by atoms with Gasteiger partial charge in [0, 0.05) is 12.0 Å². The van der Waals surface area contributed by atoms with Crippen LogP contribution in [0.25, 0.3) is 0 Å². The number of ether oxygens (including phenoxy) is 2. The van der Waals surface area contributed by atoms with Crippen LogP contribution in [-0.4, -0.2) is 24.6 Å². The van der Waals surface area contributed by atoms with E-state index in [9.17, 15) is 9.59 Å². The van der Waals surface area contributed by atoms with Gasteiger partial charge in [-0.1, -0.05) is 6.58 Å². The fraction of sp³-hybridized carbons (Fsp3) is 0.636. The molecule has 0 bridgehead atoms. The topological polar surface area (TPSA) is 52.6 Å². The molecule has 15 heavy (non-hydrogen) atoms. The zero-order valence-electron chi connectivity index (χ0n) is 8.95. The summed E-state index contributed by atoms with van der Waals surface area (Å²) in [4.78, 5) is 22.3. The van der Waals surface area contributed by atoms with Crippen molar-refractivity contribution in [2.24, 2.45) is 0 Å². The second kappa shape index (κ2) is 5.66. The Balaban J connectivity index is 2.22. The zero-order chi connectivity index (χ0) is 11.3. The summed E-state index contributed by atoms with van der Waals surface area (Å²) in [6, 6.07) is 0. The third-order valence-corrected chi connectivity index (χ3v) is 2.31. The number of hydrogen-bond acceptors (Lipinski definition) is 4. The van der Waals surface area contributed by atoms with Gasteiger partial charge in [0.25, 0.3) is 0 Å². The van der Waals surface area contributed by atoms with Crippen LogP contribution in [-0.2, 0) is 19.1 Å². The van der Waals surface area contributed by atoms with Gasteiger partial charge in [-0.2, -0.15) is 0 Å². The van der Waals surface area contributed by atoms with E-state index < -0.39 is 12.1 Å². The first-order chi connectivity index (χ1) is 7.11. The second-order valence-corrected chi connectivity index (χ2v) is 3.70. The number of esters is 1. The van der Waals surface area contributed by atoms with Crippen LogP contribution in [0.3, 0.4) is 0 Å². The number of carbonyl (C=O) groups is 2. The Morgan fingerprint density at radius 2 is 2.27 bits per heavy atom. The van der Waals surface area contributed by atoms with Gasteiger partial charge in [0.2, 0.25) is 0 Å². The minimum Gasteiger partial charge on any atom is -0.435 e. The summed E-state index contributed by atoms with van der Waals surface area (Å²) in [5, 5.41) is 0. The standard InChI is InChI=1S/C11H16O4/c1-8(2)11(13)15-7-14-10-6-4-3-5-9(10)12/h10H,1,3-7H2,2H3. The van der Waals surface area contributed by atoms with E-state index in [0.29, 0.717) is 12.0 Å². The maximum absolute atomic E-state index is 11.3. The lowest BCUT2D eigenvalue weighted by Crippen LogP contribution is -2.29. The highest BCUT2D eigenvalue weighted by Crippen LogP contribution is 2.17. The highest BCUT2D eigenvalue weighted by Gasteiger charge is 2.22. The summed E-state index contributed by atoms with van der Waals surface area (Å²) in [6.07, 6.45) is 2.83. The van der Waals surface area contributed by atoms with Gasteiger partial charge in [0.05, 0.1) is 0 Å². The van der Waals surface area contributed by atoms with Crippen LogP contribution in [0.1, 0.15) is 32.6 Å². The van der Waals surface area contributed by atoms with Gasteiger partial charge in [-0.15, -0.1) is 0 Å². The molecule has 4 nitrogen and oxygen atoms in total. The summed E-state index contributed by atoms with van der Waals surface area (Å²) in [6.45, 7) is 4.84. The van der Waals surface area contributed by atoms with E-state index >= 15 is 0 Å². The van der Waals surface area contributed by atoms with Gasteiger partial charge < -0.3 is 9.47 Å². The van der Waals surface area contributed by atoms with E-state index in [4.69, 9.17) is 9.47 Å². The Labute approximate surface area is 89.2 Å². The number of carbonyl (C=O) groups excluding carboxylic acids is 2. The lowest BCUT2D eigenvalue weighted by atomic mass is 9.96. The van der Waals surface area contributed by atoms with E-state index in [0.717, 1.165) is 19.3 Å². The Kier molecular flexibility index (Phi) is 4.49. The SMILES string of the molecule is C=C(C)C(=O)OCOC1CCCCC1=O. The molecule has 1 rings (SSSR count). The molecule has 1 aliphatic rings.